The van der Waals surface area contributed by atoms with Crippen molar-refractivity contribution in [2.45, 2.75) is 39.2 Å². The second-order valence-electron chi connectivity index (χ2n) is 7.07. The van der Waals surface area contributed by atoms with Crippen molar-refractivity contribution >= 4 is 23.5 Å². The molecule has 0 saturated heterocycles. The first-order chi connectivity index (χ1) is 14.5. The van der Waals surface area contributed by atoms with Crippen molar-refractivity contribution in [3.8, 4) is 5.75 Å². The van der Waals surface area contributed by atoms with E-state index in [1.54, 1.807) is 25.0 Å². The van der Waals surface area contributed by atoms with Crippen molar-refractivity contribution in [2.75, 3.05) is 13.7 Å². The molecule has 1 aliphatic heterocycles. The fourth-order valence-electron chi connectivity index (χ4n) is 3.84. The number of methoxy groups -OCH3 is 1. The Kier molecular flexibility index (Phi) is 7.16. The van der Waals surface area contributed by atoms with E-state index in [-0.39, 0.29) is 30.8 Å². The molecular formula is C24H26ClNO4. The number of esters is 1. The highest BCUT2D eigenvalue weighted by molar-refractivity contribution is 6.30. The minimum Gasteiger partial charge on any atom is -0.497 e. The molecule has 6 heteroatoms. The maximum atomic E-state index is 13.2. The van der Waals surface area contributed by atoms with Gasteiger partial charge in [0, 0.05) is 23.1 Å². The molecule has 2 aromatic rings. The molecule has 0 N–H and O–H groups in total. The Morgan fingerprint density at radius 2 is 1.90 bits per heavy atom. The number of ether oxygens (including phenoxy) is 2. The van der Waals surface area contributed by atoms with Crippen molar-refractivity contribution in [1.29, 1.82) is 0 Å². The van der Waals surface area contributed by atoms with Crippen LogP contribution in [0.15, 0.2) is 59.8 Å². The monoisotopic (exact) mass is 427 g/mol. The molecule has 0 bridgehead atoms. The van der Waals surface area contributed by atoms with Gasteiger partial charge in [0.1, 0.15) is 5.75 Å². The molecule has 1 aliphatic rings. The Morgan fingerprint density at radius 1 is 1.17 bits per heavy atom. The third kappa shape index (κ3) is 4.68. The number of allylic oxidation sites excluding steroid dienone is 1. The summed E-state index contributed by atoms with van der Waals surface area (Å²) < 4.78 is 10.6. The highest BCUT2D eigenvalue weighted by Crippen LogP contribution is 2.39. The fraction of sp³-hybridized carbons (Fsp3) is 0.333. The summed E-state index contributed by atoms with van der Waals surface area (Å²) in [4.78, 5) is 27.8. The highest BCUT2D eigenvalue weighted by Gasteiger charge is 2.37. The van der Waals surface area contributed by atoms with E-state index >= 15 is 0 Å². The molecule has 0 radical (unpaired) electrons. The summed E-state index contributed by atoms with van der Waals surface area (Å²) in [5.74, 6) is -0.0345. The van der Waals surface area contributed by atoms with E-state index < -0.39 is 0 Å². The summed E-state index contributed by atoms with van der Waals surface area (Å²) in [5, 5.41) is 0.571. The number of hydrogen-bond acceptors (Lipinski definition) is 4. The zero-order chi connectivity index (χ0) is 21.7. The van der Waals surface area contributed by atoms with Gasteiger partial charge in [0.25, 0.3) is 0 Å². The van der Waals surface area contributed by atoms with Crippen molar-refractivity contribution in [1.82, 2.24) is 4.90 Å². The van der Waals surface area contributed by atoms with Gasteiger partial charge < -0.3 is 14.4 Å². The zero-order valence-electron chi connectivity index (χ0n) is 17.5. The maximum Gasteiger partial charge on any atom is 0.336 e. The van der Waals surface area contributed by atoms with E-state index in [9.17, 15) is 9.59 Å². The topological polar surface area (TPSA) is 55.8 Å². The lowest BCUT2D eigenvalue weighted by molar-refractivity contribution is -0.140. The Labute approximate surface area is 182 Å². The molecule has 0 aromatic heterocycles. The van der Waals surface area contributed by atoms with E-state index in [0.717, 1.165) is 16.9 Å². The Morgan fingerprint density at radius 3 is 2.50 bits per heavy atom. The molecule has 0 saturated carbocycles. The molecule has 3 rings (SSSR count). The van der Waals surface area contributed by atoms with Crippen molar-refractivity contribution in [3.63, 3.8) is 0 Å². The van der Waals surface area contributed by atoms with Crippen LogP contribution in [0.5, 0.6) is 5.75 Å². The van der Waals surface area contributed by atoms with Crippen LogP contribution >= 0.6 is 11.6 Å². The first-order valence-electron chi connectivity index (χ1n) is 10.1. The van der Waals surface area contributed by atoms with Crippen molar-refractivity contribution in [2.24, 2.45) is 0 Å². The van der Waals surface area contributed by atoms with Gasteiger partial charge in [-0.05, 0) is 48.7 Å². The average Bonchev–Trinajstić information content (AvgIpc) is 2.75. The van der Waals surface area contributed by atoms with E-state index in [2.05, 4.69) is 0 Å². The summed E-state index contributed by atoms with van der Waals surface area (Å²) in [5.41, 5.74) is 3.04. The van der Waals surface area contributed by atoms with Gasteiger partial charge in [0.15, 0.2) is 0 Å². The van der Waals surface area contributed by atoms with Gasteiger partial charge in [-0.3, -0.25) is 4.79 Å². The van der Waals surface area contributed by atoms with E-state index in [0.29, 0.717) is 29.3 Å². The number of rotatable bonds is 7. The number of nitrogens with zero attached hydrogens (tertiary/aromatic N) is 1. The van der Waals surface area contributed by atoms with Crippen LogP contribution in [0.3, 0.4) is 0 Å². The van der Waals surface area contributed by atoms with Crippen LogP contribution in [0, 0.1) is 0 Å². The molecule has 0 aliphatic carbocycles. The van der Waals surface area contributed by atoms with Gasteiger partial charge in [-0.1, -0.05) is 42.8 Å². The first-order valence-corrected chi connectivity index (χ1v) is 10.4. The van der Waals surface area contributed by atoms with Gasteiger partial charge >= 0.3 is 5.97 Å². The smallest absolute Gasteiger partial charge is 0.336 e. The number of carbonyl (C=O) groups excluding carboxylic acids is 2. The van der Waals surface area contributed by atoms with E-state index in [1.165, 1.54) is 0 Å². The molecule has 1 amide bonds. The number of amides is 1. The van der Waals surface area contributed by atoms with Crippen molar-refractivity contribution < 1.29 is 19.1 Å². The van der Waals surface area contributed by atoms with Gasteiger partial charge in [-0.2, -0.15) is 0 Å². The van der Waals surface area contributed by atoms with Crippen LogP contribution < -0.4 is 4.74 Å². The number of benzene rings is 2. The summed E-state index contributed by atoms with van der Waals surface area (Å²) in [6, 6.07) is 14.9. The molecule has 5 nitrogen and oxygen atoms in total. The fourth-order valence-corrected chi connectivity index (χ4v) is 4.04. The second kappa shape index (κ2) is 9.81. The molecule has 30 heavy (non-hydrogen) atoms. The van der Waals surface area contributed by atoms with Crippen molar-refractivity contribution in [3.05, 3.63) is 76.0 Å². The third-order valence-electron chi connectivity index (χ3n) is 5.25. The average molecular weight is 428 g/mol. The van der Waals surface area contributed by atoms with Crippen LogP contribution in [0.4, 0.5) is 0 Å². The lowest BCUT2D eigenvalue weighted by atomic mass is 9.82. The molecule has 1 heterocycles. The second-order valence-corrected chi connectivity index (χ2v) is 7.51. The van der Waals surface area contributed by atoms with Crippen LogP contribution in [0.25, 0.3) is 0 Å². The first kappa shape index (κ1) is 21.9. The summed E-state index contributed by atoms with van der Waals surface area (Å²) in [6.45, 7) is 4.38. The quantitative estimate of drug-likeness (QED) is 0.577. The predicted molar refractivity (Wildman–Crippen MR) is 116 cm³/mol. The molecule has 158 valence electrons. The molecule has 1 unspecified atom stereocenters. The number of carbonyl (C=O) groups is 2. The zero-order valence-corrected chi connectivity index (χ0v) is 18.2. The highest BCUT2D eigenvalue weighted by atomic mass is 35.5. The van der Waals surface area contributed by atoms with Crippen LogP contribution in [-0.2, 0) is 20.9 Å². The van der Waals surface area contributed by atoms with Gasteiger partial charge in [0.05, 0.1) is 25.8 Å². The number of halogens is 1. The minimum atomic E-state index is -0.383. The van der Waals surface area contributed by atoms with Gasteiger partial charge in [-0.15, -0.1) is 0 Å². The summed E-state index contributed by atoms with van der Waals surface area (Å²) >= 11 is 6.18. The normalized spacial score (nSPS) is 16.6. The Balaban J connectivity index is 2.05. The SMILES string of the molecule is CCOC(=O)C1=C(CC)N(Cc2ccc(OC)cc2)C(=O)CC1c1cccc(Cl)c1. The summed E-state index contributed by atoms with van der Waals surface area (Å²) in [7, 11) is 1.61. The maximum absolute atomic E-state index is 13.2. The van der Waals surface area contributed by atoms with Crippen LogP contribution in [-0.4, -0.2) is 30.5 Å². The van der Waals surface area contributed by atoms with Crippen LogP contribution in [0.2, 0.25) is 5.02 Å². The molecule has 0 spiro atoms. The van der Waals surface area contributed by atoms with Crippen LogP contribution in [0.1, 0.15) is 43.7 Å². The van der Waals surface area contributed by atoms with Gasteiger partial charge in [-0.25, -0.2) is 4.79 Å². The van der Waals surface area contributed by atoms with E-state index in [4.69, 9.17) is 21.1 Å². The predicted octanol–water partition coefficient (Wildman–Crippen LogP) is 5.09. The molecule has 2 aromatic carbocycles. The van der Waals surface area contributed by atoms with E-state index in [1.807, 2.05) is 49.4 Å². The number of hydrogen-bond donors (Lipinski definition) is 0. The molecule has 0 fully saturated rings. The minimum absolute atomic E-state index is 0.0271. The molecular weight excluding hydrogens is 402 g/mol. The summed E-state index contributed by atoms with van der Waals surface area (Å²) in [6.07, 6.45) is 0.723. The Bertz CT molecular complexity index is 952. The van der Waals surface area contributed by atoms with Gasteiger partial charge in [0.2, 0.25) is 5.91 Å². The Hall–Kier alpha value is -2.79. The third-order valence-corrected chi connectivity index (χ3v) is 5.48. The standard InChI is InChI=1S/C24H26ClNO4/c1-4-21-23(24(28)30-5-2)20(17-7-6-8-18(25)13-17)14-22(27)26(21)15-16-9-11-19(29-3)12-10-16/h6-13,20H,4-5,14-15H2,1-3H3. The molecule has 1 atom stereocenters. The largest absolute Gasteiger partial charge is 0.497 e. The lowest BCUT2D eigenvalue weighted by Gasteiger charge is -2.35. The lowest BCUT2D eigenvalue weighted by Crippen LogP contribution is -2.38.